The molecule has 4 N–H and O–H groups in total. The molecule has 1 aliphatic rings. The van der Waals surface area contributed by atoms with Crippen molar-refractivity contribution < 1.29 is 13.9 Å². The number of rotatable bonds is 5. The Morgan fingerprint density at radius 3 is 2.79 bits per heavy atom. The van der Waals surface area contributed by atoms with Crippen LogP contribution in [0.25, 0.3) is 0 Å². The van der Waals surface area contributed by atoms with Gasteiger partial charge < -0.3 is 16.2 Å². The summed E-state index contributed by atoms with van der Waals surface area (Å²) in [5, 5.41) is 12.6. The summed E-state index contributed by atoms with van der Waals surface area (Å²) in [5.41, 5.74) is 6.07. The first kappa shape index (κ1) is 14.4. The van der Waals surface area contributed by atoms with Crippen molar-refractivity contribution in [1.29, 1.82) is 0 Å². The Kier molecular flexibility index (Phi) is 4.85. The fourth-order valence-electron chi connectivity index (χ4n) is 2.80. The van der Waals surface area contributed by atoms with Crippen LogP contribution in [0.5, 0.6) is 0 Å². The average molecular weight is 270 g/mol. The van der Waals surface area contributed by atoms with Crippen molar-refractivity contribution in [3.8, 4) is 0 Å². The molecule has 0 saturated heterocycles. The highest BCUT2D eigenvalue weighted by atomic mass is 19.1. The molecular formula is C14H20F2N2O. The zero-order valence-electron chi connectivity index (χ0n) is 10.8. The zero-order valence-corrected chi connectivity index (χ0v) is 10.8. The lowest BCUT2D eigenvalue weighted by atomic mass is 10.0. The van der Waals surface area contributed by atoms with Gasteiger partial charge in [0.05, 0.1) is 0 Å². The molecule has 5 heteroatoms. The Morgan fingerprint density at radius 2 is 2.16 bits per heavy atom. The van der Waals surface area contributed by atoms with Gasteiger partial charge in [0.25, 0.3) is 0 Å². The molecule has 106 valence electrons. The lowest BCUT2D eigenvalue weighted by Gasteiger charge is -2.26. The van der Waals surface area contributed by atoms with Gasteiger partial charge in [0.2, 0.25) is 0 Å². The minimum Gasteiger partial charge on any atom is -0.396 e. The van der Waals surface area contributed by atoms with Gasteiger partial charge in [-0.3, -0.25) is 0 Å². The molecule has 2 rings (SSSR count). The largest absolute Gasteiger partial charge is 0.396 e. The fourth-order valence-corrected chi connectivity index (χ4v) is 2.80. The van der Waals surface area contributed by atoms with Gasteiger partial charge in [-0.15, -0.1) is 0 Å². The van der Waals surface area contributed by atoms with Crippen molar-refractivity contribution in [2.45, 2.75) is 31.3 Å². The molecule has 0 bridgehead atoms. The highest BCUT2D eigenvalue weighted by Crippen LogP contribution is 2.28. The molecule has 0 spiro atoms. The molecule has 0 aromatic heterocycles. The number of nitrogens with one attached hydrogen (secondary N) is 1. The van der Waals surface area contributed by atoms with E-state index in [4.69, 9.17) is 5.73 Å². The van der Waals surface area contributed by atoms with Crippen LogP contribution in [0.2, 0.25) is 0 Å². The Balaban J connectivity index is 2.11. The van der Waals surface area contributed by atoms with E-state index in [1.807, 2.05) is 0 Å². The molecule has 0 radical (unpaired) electrons. The molecule has 1 aliphatic carbocycles. The minimum absolute atomic E-state index is 0.126. The van der Waals surface area contributed by atoms with Crippen LogP contribution in [0, 0.1) is 17.6 Å². The normalized spacial score (nSPS) is 24.6. The molecule has 19 heavy (non-hydrogen) atoms. The van der Waals surface area contributed by atoms with E-state index in [0.717, 1.165) is 25.3 Å². The third-order valence-electron chi connectivity index (χ3n) is 3.88. The lowest BCUT2D eigenvalue weighted by molar-refractivity contribution is 0.199. The van der Waals surface area contributed by atoms with Gasteiger partial charge in [0, 0.05) is 36.9 Å². The van der Waals surface area contributed by atoms with Crippen LogP contribution < -0.4 is 11.1 Å². The number of halogens is 2. The topological polar surface area (TPSA) is 58.3 Å². The molecule has 0 heterocycles. The number of aliphatic hydroxyl groups excluding tert-OH is 1. The Bertz CT molecular complexity index is 428. The molecule has 3 unspecified atom stereocenters. The van der Waals surface area contributed by atoms with E-state index in [9.17, 15) is 13.9 Å². The monoisotopic (exact) mass is 270 g/mol. The van der Waals surface area contributed by atoms with E-state index in [-0.39, 0.29) is 31.2 Å². The number of hydrogen-bond acceptors (Lipinski definition) is 3. The van der Waals surface area contributed by atoms with Crippen LogP contribution >= 0.6 is 0 Å². The summed E-state index contributed by atoms with van der Waals surface area (Å²) in [6.07, 6.45) is 2.97. The van der Waals surface area contributed by atoms with E-state index in [1.165, 1.54) is 12.1 Å². The molecule has 1 fully saturated rings. The third-order valence-corrected chi connectivity index (χ3v) is 3.88. The van der Waals surface area contributed by atoms with Crippen molar-refractivity contribution in [2.24, 2.45) is 11.7 Å². The van der Waals surface area contributed by atoms with Crippen LogP contribution in [0.3, 0.4) is 0 Å². The fraction of sp³-hybridized carbons (Fsp3) is 0.571. The third kappa shape index (κ3) is 3.29. The second-order valence-corrected chi connectivity index (χ2v) is 5.10. The smallest absolute Gasteiger partial charge is 0.130 e. The average Bonchev–Trinajstić information content (AvgIpc) is 2.84. The van der Waals surface area contributed by atoms with Gasteiger partial charge in [-0.05, 0) is 24.8 Å². The van der Waals surface area contributed by atoms with Crippen LogP contribution in [-0.4, -0.2) is 24.3 Å². The first-order valence-corrected chi connectivity index (χ1v) is 6.67. The van der Waals surface area contributed by atoms with Gasteiger partial charge in [-0.25, -0.2) is 8.78 Å². The summed E-state index contributed by atoms with van der Waals surface area (Å²) in [6.45, 7) is 0.359. The summed E-state index contributed by atoms with van der Waals surface area (Å²) in [5.74, 6) is -0.981. The molecule has 3 atom stereocenters. The van der Waals surface area contributed by atoms with Crippen molar-refractivity contribution >= 4 is 0 Å². The maximum Gasteiger partial charge on any atom is 0.130 e. The molecule has 1 aromatic carbocycles. The summed E-state index contributed by atoms with van der Waals surface area (Å²) >= 11 is 0. The predicted octanol–water partition coefficient (Wildman–Crippen LogP) is 1.72. The predicted molar refractivity (Wildman–Crippen MR) is 69.5 cm³/mol. The second kappa shape index (κ2) is 6.41. The number of nitrogens with two attached hydrogens (primary N) is 1. The summed E-state index contributed by atoms with van der Waals surface area (Å²) in [7, 11) is 0. The van der Waals surface area contributed by atoms with Crippen LogP contribution in [0.4, 0.5) is 8.78 Å². The number of hydrogen-bond donors (Lipinski definition) is 3. The van der Waals surface area contributed by atoms with Crippen molar-refractivity contribution in [2.75, 3.05) is 13.2 Å². The van der Waals surface area contributed by atoms with Gasteiger partial charge in [0.1, 0.15) is 11.6 Å². The maximum atomic E-state index is 13.8. The Labute approximate surface area is 111 Å². The van der Waals surface area contributed by atoms with Gasteiger partial charge in [-0.1, -0.05) is 12.5 Å². The van der Waals surface area contributed by atoms with Crippen molar-refractivity contribution in [1.82, 2.24) is 5.32 Å². The van der Waals surface area contributed by atoms with Crippen molar-refractivity contribution in [3.05, 3.63) is 35.4 Å². The second-order valence-electron chi connectivity index (χ2n) is 5.10. The van der Waals surface area contributed by atoms with Crippen LogP contribution in [0.15, 0.2) is 18.2 Å². The van der Waals surface area contributed by atoms with Crippen LogP contribution in [0.1, 0.15) is 30.9 Å². The molecule has 3 nitrogen and oxygen atoms in total. The first-order valence-electron chi connectivity index (χ1n) is 6.67. The summed E-state index contributed by atoms with van der Waals surface area (Å²) in [4.78, 5) is 0. The number of benzene rings is 1. The first-order chi connectivity index (χ1) is 9.15. The van der Waals surface area contributed by atoms with Gasteiger partial charge in [-0.2, -0.15) is 0 Å². The molecule has 1 aromatic rings. The SMILES string of the molecule is NCC(NC1CCCC1CO)c1ccc(F)cc1F. The van der Waals surface area contributed by atoms with Crippen LogP contribution in [-0.2, 0) is 0 Å². The molecular weight excluding hydrogens is 250 g/mol. The van der Waals surface area contributed by atoms with E-state index >= 15 is 0 Å². The quantitative estimate of drug-likeness (QED) is 0.763. The summed E-state index contributed by atoms with van der Waals surface area (Å²) in [6, 6.07) is 3.33. The van der Waals surface area contributed by atoms with Gasteiger partial charge >= 0.3 is 0 Å². The maximum absolute atomic E-state index is 13.8. The minimum atomic E-state index is -0.592. The molecule has 0 amide bonds. The highest BCUT2D eigenvalue weighted by Gasteiger charge is 2.29. The van der Waals surface area contributed by atoms with Gasteiger partial charge in [0.15, 0.2) is 0 Å². The van der Waals surface area contributed by atoms with E-state index in [1.54, 1.807) is 0 Å². The Morgan fingerprint density at radius 1 is 1.37 bits per heavy atom. The highest BCUT2D eigenvalue weighted by molar-refractivity contribution is 5.22. The van der Waals surface area contributed by atoms with Crippen molar-refractivity contribution in [3.63, 3.8) is 0 Å². The van der Waals surface area contributed by atoms with E-state index in [2.05, 4.69) is 5.32 Å². The Hall–Kier alpha value is -1.04. The standard InChI is InChI=1S/C14H20F2N2O/c15-10-4-5-11(12(16)6-10)14(7-17)18-13-3-1-2-9(13)8-19/h4-6,9,13-14,18-19H,1-3,7-8,17H2. The molecule has 1 saturated carbocycles. The zero-order chi connectivity index (χ0) is 13.8. The number of aliphatic hydroxyl groups is 1. The van der Waals surface area contributed by atoms with E-state index in [0.29, 0.717) is 5.56 Å². The summed E-state index contributed by atoms with van der Waals surface area (Å²) < 4.78 is 26.7. The molecule has 0 aliphatic heterocycles. The van der Waals surface area contributed by atoms with E-state index < -0.39 is 11.6 Å². The lowest BCUT2D eigenvalue weighted by Crippen LogP contribution is -2.40.